The molecule has 0 bridgehead atoms. The highest BCUT2D eigenvalue weighted by Crippen LogP contribution is 1.99. The zero-order valence-electron chi connectivity index (χ0n) is 8.51. The van der Waals surface area contributed by atoms with Crippen LogP contribution in [0.25, 0.3) is 0 Å². The lowest BCUT2D eigenvalue weighted by Gasteiger charge is -2.12. The van der Waals surface area contributed by atoms with Crippen molar-refractivity contribution in [2.75, 3.05) is 0 Å². The Hall–Kier alpha value is -1.92. The zero-order chi connectivity index (χ0) is 12.6. The average Bonchev–Trinajstić information content (AvgIpc) is 2.20. The molecule has 0 radical (unpaired) electrons. The molecule has 0 aromatic rings. The third-order valence-corrected chi connectivity index (χ3v) is 1.77. The van der Waals surface area contributed by atoms with Crippen LogP contribution in [0.15, 0.2) is 0 Å². The van der Waals surface area contributed by atoms with Gasteiger partial charge in [-0.15, -0.1) is 0 Å². The van der Waals surface area contributed by atoms with Crippen molar-refractivity contribution >= 4 is 24.1 Å². The molecular formula is C9H13NO6. The third kappa shape index (κ3) is 6.52. The van der Waals surface area contributed by atoms with E-state index in [4.69, 9.17) is 10.2 Å². The van der Waals surface area contributed by atoms with E-state index in [1.54, 1.807) is 0 Å². The quantitative estimate of drug-likeness (QED) is 0.479. The van der Waals surface area contributed by atoms with Crippen molar-refractivity contribution in [3.8, 4) is 0 Å². The summed E-state index contributed by atoms with van der Waals surface area (Å²) in [6.45, 7) is 0. The lowest BCUT2D eigenvalue weighted by atomic mass is 10.1. The van der Waals surface area contributed by atoms with E-state index in [1.807, 2.05) is 0 Å². The summed E-state index contributed by atoms with van der Waals surface area (Å²) in [5, 5.41) is 19.2. The first-order valence-electron chi connectivity index (χ1n) is 4.65. The van der Waals surface area contributed by atoms with Crippen LogP contribution in [0.2, 0.25) is 0 Å². The Balaban J connectivity index is 4.11. The minimum atomic E-state index is -1.29. The predicted octanol–water partition coefficient (Wildman–Crippen LogP) is -0.600. The van der Waals surface area contributed by atoms with Crippen molar-refractivity contribution in [2.24, 2.45) is 0 Å². The van der Waals surface area contributed by atoms with Crippen LogP contribution in [0.5, 0.6) is 0 Å². The molecule has 0 saturated carbocycles. The zero-order valence-corrected chi connectivity index (χ0v) is 8.51. The number of hydrogen-bond donors (Lipinski definition) is 3. The number of carbonyl (C=O) groups is 4. The summed E-state index contributed by atoms with van der Waals surface area (Å²) < 4.78 is 0. The van der Waals surface area contributed by atoms with Gasteiger partial charge in [-0.2, -0.15) is 0 Å². The molecular weight excluding hydrogens is 218 g/mol. The van der Waals surface area contributed by atoms with Crippen LogP contribution in [0.3, 0.4) is 0 Å². The fourth-order valence-corrected chi connectivity index (χ4v) is 0.982. The van der Waals surface area contributed by atoms with Gasteiger partial charge in [0.2, 0.25) is 5.91 Å². The van der Waals surface area contributed by atoms with E-state index >= 15 is 0 Å². The number of carboxylic acid groups (broad SMARTS) is 2. The predicted molar refractivity (Wildman–Crippen MR) is 51.7 cm³/mol. The number of nitrogens with one attached hydrogen (secondary N) is 1. The summed E-state index contributed by atoms with van der Waals surface area (Å²) in [7, 11) is 0. The number of rotatable bonds is 8. The molecule has 0 aromatic carbocycles. The second-order valence-electron chi connectivity index (χ2n) is 3.10. The largest absolute Gasteiger partial charge is 0.481 e. The molecule has 0 aliphatic rings. The average molecular weight is 231 g/mol. The Bertz CT molecular complexity index is 288. The Kier molecular flexibility index (Phi) is 6.50. The molecule has 1 atom stereocenters. The molecule has 0 aromatic heterocycles. The lowest BCUT2D eigenvalue weighted by molar-refractivity contribution is -0.143. The number of carboxylic acids is 2. The van der Waals surface area contributed by atoms with Gasteiger partial charge < -0.3 is 20.3 Å². The van der Waals surface area contributed by atoms with Crippen LogP contribution in [-0.4, -0.2) is 40.4 Å². The highest BCUT2D eigenvalue weighted by atomic mass is 16.4. The summed E-state index contributed by atoms with van der Waals surface area (Å²) in [5.41, 5.74) is 0. The first-order chi connectivity index (χ1) is 7.47. The van der Waals surface area contributed by atoms with Crippen molar-refractivity contribution in [2.45, 2.75) is 31.7 Å². The van der Waals surface area contributed by atoms with Crippen LogP contribution < -0.4 is 5.32 Å². The molecule has 7 nitrogen and oxygen atoms in total. The van der Waals surface area contributed by atoms with Gasteiger partial charge in [-0.25, -0.2) is 4.79 Å². The van der Waals surface area contributed by atoms with Crippen LogP contribution in [0.4, 0.5) is 0 Å². The van der Waals surface area contributed by atoms with E-state index in [0.717, 1.165) is 0 Å². The molecule has 1 unspecified atom stereocenters. The lowest BCUT2D eigenvalue weighted by Crippen LogP contribution is -2.41. The summed E-state index contributed by atoms with van der Waals surface area (Å²) in [6.07, 6.45) is -0.0630. The summed E-state index contributed by atoms with van der Waals surface area (Å²) in [5.74, 6) is -3.00. The number of hydrogen-bond acceptors (Lipinski definition) is 4. The highest BCUT2D eigenvalue weighted by Gasteiger charge is 2.20. The van der Waals surface area contributed by atoms with E-state index in [1.165, 1.54) is 0 Å². The second-order valence-corrected chi connectivity index (χ2v) is 3.10. The first kappa shape index (κ1) is 14.1. The van der Waals surface area contributed by atoms with Gasteiger partial charge in [0.25, 0.3) is 0 Å². The number of amides is 1. The smallest absolute Gasteiger partial charge is 0.326 e. The minimum absolute atomic E-state index is 0.0110. The standard InChI is InChI=1S/C9H13NO6/c11-5-1-2-7(12)10-6(9(15)16)3-4-8(13)14/h5-6H,1-4H2,(H,10,12)(H,13,14)(H,15,16). The number of aliphatic carboxylic acids is 2. The molecule has 90 valence electrons. The van der Waals surface area contributed by atoms with Gasteiger partial charge in [0, 0.05) is 19.3 Å². The Morgan fingerprint density at radius 1 is 1.19 bits per heavy atom. The third-order valence-electron chi connectivity index (χ3n) is 1.77. The fourth-order valence-electron chi connectivity index (χ4n) is 0.982. The maximum Gasteiger partial charge on any atom is 0.326 e. The van der Waals surface area contributed by atoms with Crippen LogP contribution in [0.1, 0.15) is 25.7 Å². The molecule has 0 fully saturated rings. The molecule has 0 saturated heterocycles. The molecule has 0 spiro atoms. The van der Waals surface area contributed by atoms with E-state index in [-0.39, 0.29) is 25.7 Å². The molecule has 0 heterocycles. The highest BCUT2D eigenvalue weighted by molar-refractivity contribution is 5.84. The van der Waals surface area contributed by atoms with Crippen molar-refractivity contribution in [3.05, 3.63) is 0 Å². The molecule has 16 heavy (non-hydrogen) atoms. The topological polar surface area (TPSA) is 121 Å². The Labute approximate surface area is 91.4 Å². The van der Waals surface area contributed by atoms with Gasteiger partial charge in [-0.3, -0.25) is 9.59 Å². The van der Waals surface area contributed by atoms with E-state index in [0.29, 0.717) is 6.29 Å². The minimum Gasteiger partial charge on any atom is -0.481 e. The maximum absolute atomic E-state index is 11.1. The summed E-state index contributed by atoms with van der Waals surface area (Å²) in [4.78, 5) is 41.9. The molecule has 0 rings (SSSR count). The van der Waals surface area contributed by atoms with Gasteiger partial charge in [0.1, 0.15) is 12.3 Å². The van der Waals surface area contributed by atoms with Gasteiger partial charge in [0.15, 0.2) is 0 Å². The Morgan fingerprint density at radius 3 is 2.25 bits per heavy atom. The van der Waals surface area contributed by atoms with Crippen LogP contribution in [0, 0.1) is 0 Å². The van der Waals surface area contributed by atoms with Gasteiger partial charge in [-0.05, 0) is 6.42 Å². The number of carbonyl (C=O) groups excluding carboxylic acids is 2. The normalized spacial score (nSPS) is 11.5. The number of aldehydes is 1. The molecule has 1 amide bonds. The van der Waals surface area contributed by atoms with Crippen LogP contribution in [-0.2, 0) is 19.2 Å². The van der Waals surface area contributed by atoms with E-state index in [2.05, 4.69) is 5.32 Å². The monoisotopic (exact) mass is 231 g/mol. The Morgan fingerprint density at radius 2 is 1.81 bits per heavy atom. The molecule has 3 N–H and O–H groups in total. The van der Waals surface area contributed by atoms with Crippen molar-refractivity contribution in [1.82, 2.24) is 5.32 Å². The van der Waals surface area contributed by atoms with E-state index in [9.17, 15) is 19.2 Å². The SMILES string of the molecule is O=CCCC(=O)NC(CCC(=O)O)C(=O)O. The molecule has 0 aliphatic carbocycles. The molecule has 0 aliphatic heterocycles. The van der Waals surface area contributed by atoms with Crippen LogP contribution >= 0.6 is 0 Å². The van der Waals surface area contributed by atoms with E-state index < -0.39 is 23.9 Å². The van der Waals surface area contributed by atoms with Crippen molar-refractivity contribution in [1.29, 1.82) is 0 Å². The maximum atomic E-state index is 11.1. The second kappa shape index (κ2) is 7.38. The van der Waals surface area contributed by atoms with Gasteiger partial charge >= 0.3 is 11.9 Å². The summed E-state index contributed by atoms with van der Waals surface area (Å²) in [6, 6.07) is -1.23. The van der Waals surface area contributed by atoms with Gasteiger partial charge in [-0.1, -0.05) is 0 Å². The molecule has 7 heteroatoms. The van der Waals surface area contributed by atoms with Crippen molar-refractivity contribution in [3.63, 3.8) is 0 Å². The van der Waals surface area contributed by atoms with Crippen molar-refractivity contribution < 1.29 is 29.4 Å². The van der Waals surface area contributed by atoms with Gasteiger partial charge in [0.05, 0.1) is 0 Å². The first-order valence-corrected chi connectivity index (χ1v) is 4.65. The fraction of sp³-hybridized carbons (Fsp3) is 0.556. The summed E-state index contributed by atoms with van der Waals surface area (Å²) >= 11 is 0.